The minimum atomic E-state index is -0.250. The fraction of sp³-hybridized carbons (Fsp3) is 0.625. The fourth-order valence-electron chi connectivity index (χ4n) is 2.67. The Morgan fingerprint density at radius 1 is 1.04 bits per heavy atom. The molecule has 1 aliphatic rings. The van der Waals surface area contributed by atoms with Crippen molar-refractivity contribution in [1.82, 2.24) is 14.9 Å². The van der Waals surface area contributed by atoms with Gasteiger partial charge in [0.05, 0.1) is 0 Å². The number of carboxylic acid groups (broad SMARTS) is 2. The second-order valence-electron chi connectivity index (χ2n) is 5.84. The van der Waals surface area contributed by atoms with E-state index >= 15 is 0 Å². The molecule has 0 bridgehead atoms. The number of aromatic nitrogens is 2. The highest BCUT2D eigenvalue weighted by molar-refractivity contribution is 5.61. The second-order valence-corrected chi connectivity index (χ2v) is 5.84. The summed E-state index contributed by atoms with van der Waals surface area (Å²) in [6.45, 7) is 1.63. The third kappa shape index (κ3) is 8.30. The van der Waals surface area contributed by atoms with E-state index in [-0.39, 0.29) is 12.9 Å². The summed E-state index contributed by atoms with van der Waals surface area (Å²) >= 11 is 0. The van der Waals surface area contributed by atoms with Crippen molar-refractivity contribution >= 4 is 24.6 Å². The minimum absolute atomic E-state index is 0.250. The van der Waals surface area contributed by atoms with E-state index in [4.69, 9.17) is 19.8 Å². The van der Waals surface area contributed by atoms with Crippen LogP contribution in [0.1, 0.15) is 19.3 Å². The van der Waals surface area contributed by atoms with Gasteiger partial charge in [0.2, 0.25) is 0 Å². The Kier molecular flexibility index (Phi) is 11.7. The lowest BCUT2D eigenvalue weighted by Crippen LogP contribution is -2.31. The van der Waals surface area contributed by atoms with Crippen LogP contribution in [0, 0.1) is 0 Å². The molecule has 0 saturated carbocycles. The lowest BCUT2D eigenvalue weighted by Gasteiger charge is -2.26. The minimum Gasteiger partial charge on any atom is -0.483 e. The van der Waals surface area contributed by atoms with Crippen molar-refractivity contribution in [3.05, 3.63) is 12.4 Å². The lowest BCUT2D eigenvalue weighted by molar-refractivity contribution is -0.123. The molecule has 2 rings (SSSR count). The summed E-state index contributed by atoms with van der Waals surface area (Å²) in [5.41, 5.74) is 0. The maximum atomic E-state index is 8.36. The molecule has 2 N–H and O–H groups in total. The highest BCUT2D eigenvalue weighted by atomic mass is 16.3. The lowest BCUT2D eigenvalue weighted by atomic mass is 10.1. The molecule has 25 heavy (non-hydrogen) atoms. The molecule has 2 heterocycles. The molecule has 0 amide bonds. The van der Waals surface area contributed by atoms with Crippen LogP contribution in [-0.2, 0) is 9.59 Å². The number of rotatable bonds is 3. The van der Waals surface area contributed by atoms with E-state index in [0.29, 0.717) is 6.04 Å². The Balaban J connectivity index is 0.000000844. The van der Waals surface area contributed by atoms with E-state index in [0.717, 1.165) is 24.7 Å². The molecule has 1 saturated heterocycles. The van der Waals surface area contributed by atoms with Crippen LogP contribution in [0.3, 0.4) is 0 Å². The van der Waals surface area contributed by atoms with Crippen LogP contribution in [0.2, 0.25) is 0 Å². The molecule has 0 radical (unpaired) electrons. The smallest absolute Gasteiger partial charge is 0.290 e. The highest BCUT2D eigenvalue weighted by Gasteiger charge is 2.21. The van der Waals surface area contributed by atoms with Gasteiger partial charge in [0.1, 0.15) is 0 Å². The Labute approximate surface area is 148 Å². The van der Waals surface area contributed by atoms with Crippen LogP contribution >= 0.6 is 0 Å². The van der Waals surface area contributed by atoms with Crippen molar-refractivity contribution in [3.63, 3.8) is 0 Å². The van der Waals surface area contributed by atoms with E-state index in [1.54, 1.807) is 12.4 Å². The number of hydrogen-bond donors (Lipinski definition) is 2. The molecular weight excluding hydrogens is 326 g/mol. The largest absolute Gasteiger partial charge is 0.483 e. The van der Waals surface area contributed by atoms with E-state index < -0.39 is 0 Å². The first kappa shape index (κ1) is 22.6. The maximum absolute atomic E-state index is 8.36. The van der Waals surface area contributed by atoms with Crippen LogP contribution < -0.4 is 9.80 Å². The number of anilines is 2. The summed E-state index contributed by atoms with van der Waals surface area (Å²) in [6.07, 6.45) is 7.22. The van der Waals surface area contributed by atoms with Crippen LogP contribution in [0.4, 0.5) is 11.6 Å². The van der Waals surface area contributed by atoms with Gasteiger partial charge in [-0.1, -0.05) is 0 Å². The van der Waals surface area contributed by atoms with Crippen molar-refractivity contribution in [2.75, 3.05) is 51.1 Å². The van der Waals surface area contributed by atoms with Crippen molar-refractivity contribution in [3.8, 4) is 0 Å². The van der Waals surface area contributed by atoms with Gasteiger partial charge in [-0.15, -0.1) is 0 Å². The topological polar surface area (TPSA) is 110 Å². The highest BCUT2D eigenvalue weighted by Crippen LogP contribution is 2.25. The van der Waals surface area contributed by atoms with Gasteiger partial charge in [0.25, 0.3) is 12.9 Å². The van der Waals surface area contributed by atoms with Gasteiger partial charge in [-0.25, -0.2) is 9.97 Å². The summed E-state index contributed by atoms with van der Waals surface area (Å²) in [5, 5.41) is 13.8. The van der Waals surface area contributed by atoms with E-state index in [2.05, 4.69) is 33.9 Å². The first-order valence-corrected chi connectivity index (χ1v) is 7.98. The predicted molar refractivity (Wildman–Crippen MR) is 97.3 cm³/mol. The quantitative estimate of drug-likeness (QED) is 0.763. The first-order chi connectivity index (χ1) is 11.9. The molecule has 1 aromatic rings. The maximum Gasteiger partial charge on any atom is 0.290 e. The molecule has 9 heteroatoms. The van der Waals surface area contributed by atoms with Crippen LogP contribution in [-0.4, -0.2) is 85.3 Å². The summed E-state index contributed by atoms with van der Waals surface area (Å²) in [4.78, 5) is 32.5. The molecule has 142 valence electrons. The second kappa shape index (κ2) is 12.9. The number of hydrogen-bond acceptors (Lipinski definition) is 7. The molecule has 9 nitrogen and oxygen atoms in total. The summed E-state index contributed by atoms with van der Waals surface area (Å²) in [5.74, 6) is 1.98. The Morgan fingerprint density at radius 3 is 2.12 bits per heavy atom. The molecule has 1 unspecified atom stereocenters. The van der Waals surface area contributed by atoms with Crippen LogP contribution in [0.25, 0.3) is 0 Å². The zero-order valence-corrected chi connectivity index (χ0v) is 15.4. The van der Waals surface area contributed by atoms with Crippen LogP contribution in [0.5, 0.6) is 0 Å². The third-order valence-electron chi connectivity index (χ3n) is 3.81. The zero-order chi connectivity index (χ0) is 19.2. The van der Waals surface area contributed by atoms with Gasteiger partial charge >= 0.3 is 0 Å². The van der Waals surface area contributed by atoms with E-state index in [9.17, 15) is 0 Å². The van der Waals surface area contributed by atoms with Gasteiger partial charge < -0.3 is 24.9 Å². The van der Waals surface area contributed by atoms with Gasteiger partial charge in [-0.05, 0) is 33.4 Å². The average Bonchev–Trinajstić information content (AvgIpc) is 2.82. The molecule has 1 fully saturated rings. The van der Waals surface area contributed by atoms with Gasteiger partial charge in [-0.3, -0.25) is 9.59 Å². The summed E-state index contributed by atoms with van der Waals surface area (Å²) in [6, 6.07) is 0.685. The third-order valence-corrected chi connectivity index (χ3v) is 3.81. The van der Waals surface area contributed by atoms with Crippen molar-refractivity contribution in [2.24, 2.45) is 0 Å². The van der Waals surface area contributed by atoms with Crippen molar-refractivity contribution in [1.29, 1.82) is 0 Å². The fourth-order valence-corrected chi connectivity index (χ4v) is 2.67. The van der Waals surface area contributed by atoms with Gasteiger partial charge in [0.15, 0.2) is 11.6 Å². The number of nitrogens with zero attached hydrogens (tertiary/aromatic N) is 5. The normalized spacial score (nSPS) is 16.5. The molecule has 1 aromatic heterocycles. The van der Waals surface area contributed by atoms with Crippen molar-refractivity contribution < 1.29 is 19.8 Å². The Morgan fingerprint density at radius 2 is 1.60 bits per heavy atom. The molecule has 0 aromatic carbocycles. The Hall–Kier alpha value is -2.42. The molecule has 0 aliphatic carbocycles. The van der Waals surface area contributed by atoms with Crippen LogP contribution in [0.15, 0.2) is 12.4 Å². The van der Waals surface area contributed by atoms with Gasteiger partial charge in [-0.2, -0.15) is 0 Å². The molecular formula is C16H29N5O4. The molecule has 1 atom stereocenters. The average molecular weight is 355 g/mol. The summed E-state index contributed by atoms with van der Waals surface area (Å²) in [7, 11) is 8.39. The van der Waals surface area contributed by atoms with E-state index in [1.807, 2.05) is 19.0 Å². The Bertz CT molecular complexity index is 493. The molecule has 0 spiro atoms. The standard InChI is InChI=1S/C14H25N5.2CH2O2/c1-17(2)12-6-5-10-19(11-7-12)14-13(18(3)4)15-8-9-16-14;2*2-1-3/h8-9,12H,5-7,10-11H2,1-4H3;2*1H,(H,2,3). The monoisotopic (exact) mass is 355 g/mol. The first-order valence-electron chi connectivity index (χ1n) is 7.98. The van der Waals surface area contributed by atoms with E-state index in [1.165, 1.54) is 19.3 Å². The predicted octanol–water partition coefficient (Wildman–Crippen LogP) is 0.865. The summed E-state index contributed by atoms with van der Waals surface area (Å²) < 4.78 is 0. The zero-order valence-electron chi connectivity index (χ0n) is 15.4. The number of carbonyl (C=O) groups is 2. The SMILES string of the molecule is CN(C)c1nccnc1N1CCCC(N(C)C)CC1.O=CO.O=CO. The molecule has 1 aliphatic heterocycles. The van der Waals surface area contributed by atoms with Crippen molar-refractivity contribution in [2.45, 2.75) is 25.3 Å². The van der Waals surface area contributed by atoms with Gasteiger partial charge in [0, 0.05) is 45.6 Å².